The number of aromatic nitrogens is 2. The fourth-order valence-corrected chi connectivity index (χ4v) is 2.30. The fraction of sp³-hybridized carbons (Fsp3) is 0.231. The van der Waals surface area contributed by atoms with Crippen molar-refractivity contribution < 1.29 is 4.79 Å². The highest BCUT2D eigenvalue weighted by Gasteiger charge is 2.22. The Kier molecular flexibility index (Phi) is 2.21. The van der Waals surface area contributed by atoms with Gasteiger partial charge in [-0.15, -0.1) is 0 Å². The van der Waals surface area contributed by atoms with Crippen LogP contribution in [0.1, 0.15) is 12.5 Å². The van der Waals surface area contributed by atoms with Gasteiger partial charge in [0.05, 0.1) is 0 Å². The first-order chi connectivity index (χ1) is 8.25. The summed E-state index contributed by atoms with van der Waals surface area (Å²) in [7, 11) is 0. The van der Waals surface area contributed by atoms with E-state index in [0.717, 1.165) is 30.0 Å². The number of H-pyrrole nitrogens is 1. The van der Waals surface area contributed by atoms with Gasteiger partial charge in [0.2, 0.25) is 5.91 Å². The molecule has 2 heterocycles. The first-order valence-corrected chi connectivity index (χ1v) is 5.66. The van der Waals surface area contributed by atoms with Gasteiger partial charge in [-0.1, -0.05) is 0 Å². The summed E-state index contributed by atoms with van der Waals surface area (Å²) in [6.45, 7) is 2.39. The Morgan fingerprint density at radius 3 is 3.06 bits per heavy atom. The maximum absolute atomic E-state index is 11.4. The van der Waals surface area contributed by atoms with Gasteiger partial charge in [0, 0.05) is 37.1 Å². The predicted octanol–water partition coefficient (Wildman–Crippen LogP) is 1.99. The van der Waals surface area contributed by atoms with Gasteiger partial charge in [-0.3, -0.25) is 4.79 Å². The summed E-state index contributed by atoms with van der Waals surface area (Å²) in [6, 6.07) is 6.11. The molecule has 1 aliphatic rings. The van der Waals surface area contributed by atoms with Gasteiger partial charge in [-0.2, -0.15) is 0 Å². The van der Waals surface area contributed by atoms with E-state index < -0.39 is 0 Å². The largest absolute Gasteiger partial charge is 0.345 e. The van der Waals surface area contributed by atoms with E-state index in [1.807, 2.05) is 23.2 Å². The second kappa shape index (κ2) is 3.73. The van der Waals surface area contributed by atoms with E-state index in [2.05, 4.69) is 16.0 Å². The summed E-state index contributed by atoms with van der Waals surface area (Å²) in [4.78, 5) is 20.6. The van der Waals surface area contributed by atoms with Crippen LogP contribution < -0.4 is 4.90 Å². The number of hydrogen-bond donors (Lipinski definition) is 1. The molecule has 0 radical (unpaired) electrons. The van der Waals surface area contributed by atoms with Gasteiger partial charge in [0.15, 0.2) is 0 Å². The van der Waals surface area contributed by atoms with Gasteiger partial charge in [0.25, 0.3) is 0 Å². The lowest BCUT2D eigenvalue weighted by Gasteiger charge is -2.14. The number of amides is 1. The summed E-state index contributed by atoms with van der Waals surface area (Å²) in [5.74, 6) is 0.976. The third-order valence-electron chi connectivity index (χ3n) is 3.13. The highest BCUT2D eigenvalue weighted by atomic mass is 16.2. The molecule has 0 unspecified atom stereocenters. The Morgan fingerprint density at radius 1 is 1.47 bits per heavy atom. The summed E-state index contributed by atoms with van der Waals surface area (Å²) in [6.07, 6.45) is 4.47. The molecule has 4 nitrogen and oxygen atoms in total. The van der Waals surface area contributed by atoms with E-state index in [1.54, 1.807) is 13.1 Å². The van der Waals surface area contributed by atoms with Crippen molar-refractivity contribution in [3.8, 4) is 11.4 Å². The molecule has 1 amide bonds. The van der Waals surface area contributed by atoms with Crippen LogP contribution in [-0.2, 0) is 11.2 Å². The number of rotatable bonds is 1. The van der Waals surface area contributed by atoms with Crippen molar-refractivity contribution in [3.63, 3.8) is 0 Å². The monoisotopic (exact) mass is 227 g/mol. The quantitative estimate of drug-likeness (QED) is 0.809. The molecule has 0 spiro atoms. The molecule has 0 fully saturated rings. The summed E-state index contributed by atoms with van der Waals surface area (Å²) >= 11 is 0. The summed E-state index contributed by atoms with van der Waals surface area (Å²) < 4.78 is 0. The predicted molar refractivity (Wildman–Crippen MR) is 65.8 cm³/mol. The summed E-state index contributed by atoms with van der Waals surface area (Å²) in [5, 5.41) is 0. The molecular weight excluding hydrogens is 214 g/mol. The Morgan fingerprint density at radius 2 is 2.35 bits per heavy atom. The minimum Gasteiger partial charge on any atom is -0.345 e. The zero-order valence-electron chi connectivity index (χ0n) is 9.60. The van der Waals surface area contributed by atoms with E-state index in [-0.39, 0.29) is 5.91 Å². The zero-order chi connectivity index (χ0) is 11.8. The Bertz CT molecular complexity index is 560. The molecule has 0 bridgehead atoms. The number of imidazole rings is 1. The second-order valence-electron chi connectivity index (χ2n) is 4.20. The number of hydrogen-bond acceptors (Lipinski definition) is 2. The molecule has 17 heavy (non-hydrogen) atoms. The lowest BCUT2D eigenvalue weighted by molar-refractivity contribution is -0.116. The van der Waals surface area contributed by atoms with Crippen LogP contribution in [0, 0.1) is 0 Å². The van der Waals surface area contributed by atoms with Crippen molar-refractivity contribution in [2.24, 2.45) is 0 Å². The van der Waals surface area contributed by atoms with Crippen molar-refractivity contribution in [2.75, 3.05) is 11.4 Å². The van der Waals surface area contributed by atoms with Crippen molar-refractivity contribution >= 4 is 11.6 Å². The smallest absolute Gasteiger partial charge is 0.223 e. The highest BCUT2D eigenvalue weighted by Crippen LogP contribution is 2.31. The van der Waals surface area contributed by atoms with E-state index in [0.29, 0.717) is 0 Å². The van der Waals surface area contributed by atoms with Crippen molar-refractivity contribution in [1.29, 1.82) is 0 Å². The van der Waals surface area contributed by atoms with Crippen LogP contribution in [0.3, 0.4) is 0 Å². The Labute approximate surface area is 99.3 Å². The van der Waals surface area contributed by atoms with E-state index in [9.17, 15) is 4.79 Å². The van der Waals surface area contributed by atoms with Gasteiger partial charge in [0.1, 0.15) is 5.82 Å². The Hall–Kier alpha value is -2.10. The number of anilines is 1. The molecule has 4 heteroatoms. The van der Waals surface area contributed by atoms with Gasteiger partial charge < -0.3 is 9.88 Å². The molecule has 1 aromatic heterocycles. The third kappa shape index (κ3) is 1.62. The SMILES string of the molecule is CC(=O)N1CCc2cc(-c3ncc[nH]3)ccc21. The topological polar surface area (TPSA) is 49.0 Å². The van der Waals surface area contributed by atoms with E-state index in [1.165, 1.54) is 5.56 Å². The molecule has 0 aliphatic carbocycles. The standard InChI is InChI=1S/C13H13N3O/c1-9(17)16-7-4-10-8-11(2-3-12(10)16)13-14-5-6-15-13/h2-3,5-6,8H,4,7H2,1H3,(H,14,15). The maximum Gasteiger partial charge on any atom is 0.223 e. The van der Waals surface area contributed by atoms with Crippen molar-refractivity contribution in [2.45, 2.75) is 13.3 Å². The fourth-order valence-electron chi connectivity index (χ4n) is 2.30. The number of nitrogens with zero attached hydrogens (tertiary/aromatic N) is 2. The normalized spacial score (nSPS) is 13.8. The maximum atomic E-state index is 11.4. The molecule has 3 rings (SSSR count). The Balaban J connectivity index is 2.02. The number of fused-ring (bicyclic) bond motifs is 1. The van der Waals surface area contributed by atoms with Crippen LogP contribution >= 0.6 is 0 Å². The van der Waals surface area contributed by atoms with Crippen LogP contribution in [0.15, 0.2) is 30.6 Å². The van der Waals surface area contributed by atoms with Crippen LogP contribution in [0.5, 0.6) is 0 Å². The lowest BCUT2D eigenvalue weighted by atomic mass is 10.1. The number of carbonyl (C=O) groups excluding carboxylic acids is 1. The molecule has 1 N–H and O–H groups in total. The summed E-state index contributed by atoms with van der Waals surface area (Å²) in [5.41, 5.74) is 3.32. The minimum absolute atomic E-state index is 0.106. The lowest BCUT2D eigenvalue weighted by Crippen LogP contribution is -2.25. The number of carbonyl (C=O) groups is 1. The second-order valence-corrected chi connectivity index (χ2v) is 4.20. The molecule has 2 aromatic rings. The number of nitrogens with one attached hydrogen (secondary N) is 1. The van der Waals surface area contributed by atoms with Gasteiger partial charge >= 0.3 is 0 Å². The van der Waals surface area contributed by atoms with E-state index in [4.69, 9.17) is 0 Å². The molecule has 1 aliphatic heterocycles. The van der Waals surface area contributed by atoms with E-state index >= 15 is 0 Å². The highest BCUT2D eigenvalue weighted by molar-refractivity contribution is 5.94. The van der Waals surface area contributed by atoms with Crippen molar-refractivity contribution in [3.05, 3.63) is 36.2 Å². The molecule has 0 atom stereocenters. The minimum atomic E-state index is 0.106. The van der Waals surface area contributed by atoms with Crippen LogP contribution in [0.2, 0.25) is 0 Å². The van der Waals surface area contributed by atoms with Crippen LogP contribution in [-0.4, -0.2) is 22.4 Å². The molecule has 1 aromatic carbocycles. The molecule has 86 valence electrons. The molecular formula is C13H13N3O. The van der Waals surface area contributed by atoms with Gasteiger partial charge in [-0.25, -0.2) is 4.98 Å². The van der Waals surface area contributed by atoms with Crippen molar-refractivity contribution in [1.82, 2.24) is 9.97 Å². The molecule has 0 saturated heterocycles. The third-order valence-corrected chi connectivity index (χ3v) is 3.13. The van der Waals surface area contributed by atoms with Gasteiger partial charge in [-0.05, 0) is 30.2 Å². The first kappa shape index (κ1) is 10.1. The number of benzene rings is 1. The van der Waals surface area contributed by atoms with Crippen LogP contribution in [0.25, 0.3) is 11.4 Å². The average molecular weight is 227 g/mol. The zero-order valence-corrected chi connectivity index (χ0v) is 9.60. The molecule has 0 saturated carbocycles. The number of aromatic amines is 1. The first-order valence-electron chi connectivity index (χ1n) is 5.66. The van der Waals surface area contributed by atoms with Crippen LogP contribution in [0.4, 0.5) is 5.69 Å². The average Bonchev–Trinajstić information content (AvgIpc) is 2.97.